The molecule has 0 fully saturated rings. The quantitative estimate of drug-likeness (QED) is 0.604. The molecular weight excluding hydrogens is 368 g/mol. The number of anilines is 2. The molecular formula is C20H19F2N3O3. The highest BCUT2D eigenvalue weighted by atomic mass is 19.3. The van der Waals surface area contributed by atoms with E-state index in [9.17, 15) is 13.6 Å². The number of nitrogens with zero attached hydrogens (tertiary/aromatic N) is 2. The Morgan fingerprint density at radius 2 is 1.54 bits per heavy atom. The fourth-order valence-corrected chi connectivity index (χ4v) is 2.20. The molecule has 0 saturated carbocycles. The largest absolute Gasteiger partial charge is 0.478 e. The molecule has 6 nitrogen and oxygen atoms in total. The summed E-state index contributed by atoms with van der Waals surface area (Å²) in [4.78, 5) is 19.2. The van der Waals surface area contributed by atoms with Crippen molar-refractivity contribution in [3.05, 3.63) is 66.5 Å². The molecule has 0 aliphatic rings. The molecule has 0 spiro atoms. The number of carboxylic acids is 1. The Morgan fingerprint density at radius 3 is 2.04 bits per heavy atom. The smallest absolute Gasteiger partial charge is 0.387 e. The summed E-state index contributed by atoms with van der Waals surface area (Å²) in [6, 6.07) is 12.3. The van der Waals surface area contributed by atoms with Gasteiger partial charge in [-0.05, 0) is 42.0 Å². The second-order valence-corrected chi connectivity index (χ2v) is 5.21. The van der Waals surface area contributed by atoms with E-state index >= 15 is 0 Å². The third kappa shape index (κ3) is 5.73. The van der Waals surface area contributed by atoms with Gasteiger partial charge in [-0.25, -0.2) is 14.8 Å². The van der Waals surface area contributed by atoms with Crippen LogP contribution in [0.2, 0.25) is 0 Å². The number of nitrogens with one attached hydrogen (secondary N) is 1. The Kier molecular flexibility index (Phi) is 7.38. The van der Waals surface area contributed by atoms with Gasteiger partial charge in [0, 0.05) is 23.6 Å². The lowest BCUT2D eigenvalue weighted by Gasteiger charge is -2.07. The number of alkyl halides is 2. The molecule has 0 atom stereocenters. The van der Waals surface area contributed by atoms with Gasteiger partial charge < -0.3 is 15.2 Å². The topological polar surface area (TPSA) is 84.3 Å². The first kappa shape index (κ1) is 20.8. The number of ether oxygens (including phenoxy) is 1. The average molecular weight is 387 g/mol. The van der Waals surface area contributed by atoms with E-state index in [2.05, 4.69) is 20.0 Å². The van der Waals surface area contributed by atoms with Crippen LogP contribution in [-0.2, 0) is 0 Å². The summed E-state index contributed by atoms with van der Waals surface area (Å²) in [7, 11) is 0. The second kappa shape index (κ2) is 9.96. The summed E-state index contributed by atoms with van der Waals surface area (Å²) < 4.78 is 28.6. The highest BCUT2D eigenvalue weighted by Crippen LogP contribution is 2.23. The maximum Gasteiger partial charge on any atom is 0.387 e. The molecule has 0 bridgehead atoms. The standard InChI is InChI=1S/C18H13F2N3O3.C2H6/c19-17(20)26-15-7-3-11(4-8-15)13-9-21-18(22-10-13)23-14-5-1-12(2-6-14)16(24)25;1-2/h1-10,17H,(H,24,25)(H,21,22,23);1-2H3. The summed E-state index contributed by atoms with van der Waals surface area (Å²) in [5, 5.41) is 11.8. The second-order valence-electron chi connectivity index (χ2n) is 5.21. The molecule has 0 saturated heterocycles. The Balaban J connectivity index is 0.00000136. The fourth-order valence-electron chi connectivity index (χ4n) is 2.20. The number of benzene rings is 2. The van der Waals surface area contributed by atoms with Crippen LogP contribution >= 0.6 is 0 Å². The van der Waals surface area contributed by atoms with E-state index in [0.717, 1.165) is 5.56 Å². The Hall–Kier alpha value is -3.55. The van der Waals surface area contributed by atoms with Gasteiger partial charge in [0.15, 0.2) is 0 Å². The van der Waals surface area contributed by atoms with Crippen LogP contribution < -0.4 is 10.1 Å². The molecule has 0 unspecified atom stereocenters. The van der Waals surface area contributed by atoms with Gasteiger partial charge >= 0.3 is 12.6 Å². The molecule has 0 aliphatic carbocycles. The molecule has 0 radical (unpaired) electrons. The lowest BCUT2D eigenvalue weighted by molar-refractivity contribution is -0.0498. The van der Waals surface area contributed by atoms with E-state index in [0.29, 0.717) is 17.2 Å². The van der Waals surface area contributed by atoms with Crippen molar-refractivity contribution in [2.45, 2.75) is 20.5 Å². The maximum atomic E-state index is 12.2. The van der Waals surface area contributed by atoms with Gasteiger partial charge in [0.25, 0.3) is 0 Å². The molecule has 0 amide bonds. The van der Waals surface area contributed by atoms with Gasteiger partial charge in [-0.2, -0.15) is 8.78 Å². The zero-order valence-electron chi connectivity index (χ0n) is 15.3. The van der Waals surface area contributed by atoms with Crippen molar-refractivity contribution in [3.63, 3.8) is 0 Å². The van der Waals surface area contributed by atoms with Crippen molar-refractivity contribution in [2.75, 3.05) is 5.32 Å². The average Bonchev–Trinajstić information content (AvgIpc) is 2.71. The van der Waals surface area contributed by atoms with Crippen molar-refractivity contribution >= 4 is 17.6 Å². The van der Waals surface area contributed by atoms with Crippen LogP contribution in [-0.4, -0.2) is 27.7 Å². The van der Waals surface area contributed by atoms with E-state index < -0.39 is 12.6 Å². The lowest BCUT2D eigenvalue weighted by atomic mass is 10.1. The number of halogens is 2. The molecule has 2 N–H and O–H groups in total. The minimum atomic E-state index is -2.86. The van der Waals surface area contributed by atoms with E-state index in [1.54, 1.807) is 36.7 Å². The number of rotatable bonds is 6. The van der Waals surface area contributed by atoms with Gasteiger partial charge in [0.1, 0.15) is 5.75 Å². The molecule has 3 aromatic rings. The number of aromatic nitrogens is 2. The highest BCUT2D eigenvalue weighted by Gasteiger charge is 2.06. The number of carbonyl (C=O) groups is 1. The summed E-state index contributed by atoms with van der Waals surface area (Å²) in [5.74, 6) is -0.579. The normalized spacial score (nSPS) is 10.0. The predicted molar refractivity (Wildman–Crippen MR) is 102 cm³/mol. The third-order valence-electron chi connectivity index (χ3n) is 3.45. The monoisotopic (exact) mass is 387 g/mol. The lowest BCUT2D eigenvalue weighted by Crippen LogP contribution is -2.01. The van der Waals surface area contributed by atoms with E-state index in [1.165, 1.54) is 24.3 Å². The minimum Gasteiger partial charge on any atom is -0.478 e. The highest BCUT2D eigenvalue weighted by molar-refractivity contribution is 5.88. The first-order valence-electron chi connectivity index (χ1n) is 8.49. The SMILES string of the molecule is CC.O=C(O)c1ccc(Nc2ncc(-c3ccc(OC(F)F)cc3)cn2)cc1. The fraction of sp³-hybridized carbons (Fsp3) is 0.150. The Morgan fingerprint density at radius 1 is 0.964 bits per heavy atom. The van der Waals surface area contributed by atoms with Gasteiger partial charge in [0.2, 0.25) is 5.95 Å². The van der Waals surface area contributed by atoms with Crippen molar-refractivity contribution in [1.29, 1.82) is 0 Å². The summed E-state index contributed by atoms with van der Waals surface area (Å²) in [6.45, 7) is 1.14. The minimum absolute atomic E-state index is 0.0766. The van der Waals surface area contributed by atoms with Crippen LogP contribution in [0.25, 0.3) is 11.1 Å². The molecule has 2 aromatic carbocycles. The van der Waals surface area contributed by atoms with Gasteiger partial charge in [0.05, 0.1) is 5.56 Å². The number of hydrogen-bond acceptors (Lipinski definition) is 5. The van der Waals surface area contributed by atoms with E-state index in [1.807, 2.05) is 13.8 Å². The van der Waals surface area contributed by atoms with Crippen molar-refractivity contribution in [2.24, 2.45) is 0 Å². The molecule has 146 valence electrons. The molecule has 1 heterocycles. The number of aromatic carboxylic acids is 1. The van der Waals surface area contributed by atoms with Crippen LogP contribution in [0.5, 0.6) is 5.75 Å². The number of carboxylic acid groups (broad SMARTS) is 1. The molecule has 3 rings (SSSR count). The molecule has 28 heavy (non-hydrogen) atoms. The molecule has 1 aromatic heterocycles. The van der Waals surface area contributed by atoms with Crippen molar-refractivity contribution in [3.8, 4) is 16.9 Å². The van der Waals surface area contributed by atoms with Crippen LogP contribution in [0, 0.1) is 0 Å². The van der Waals surface area contributed by atoms with E-state index in [-0.39, 0.29) is 11.3 Å². The van der Waals surface area contributed by atoms with Crippen molar-refractivity contribution in [1.82, 2.24) is 9.97 Å². The Bertz CT molecular complexity index is 884. The Labute approximate surface area is 160 Å². The molecule has 8 heteroatoms. The van der Waals surface area contributed by atoms with E-state index in [4.69, 9.17) is 5.11 Å². The summed E-state index contributed by atoms with van der Waals surface area (Å²) >= 11 is 0. The predicted octanol–water partition coefficient (Wildman–Crippen LogP) is 5.21. The zero-order valence-corrected chi connectivity index (χ0v) is 15.3. The molecule has 0 aliphatic heterocycles. The van der Waals surface area contributed by atoms with Crippen LogP contribution in [0.3, 0.4) is 0 Å². The van der Waals surface area contributed by atoms with Crippen LogP contribution in [0.1, 0.15) is 24.2 Å². The first-order valence-corrected chi connectivity index (χ1v) is 8.49. The van der Waals surface area contributed by atoms with Crippen LogP contribution in [0.4, 0.5) is 20.4 Å². The van der Waals surface area contributed by atoms with Gasteiger partial charge in [-0.3, -0.25) is 0 Å². The van der Waals surface area contributed by atoms with Crippen LogP contribution in [0.15, 0.2) is 60.9 Å². The maximum absolute atomic E-state index is 12.2. The zero-order chi connectivity index (χ0) is 20.5. The summed E-state index contributed by atoms with van der Waals surface area (Å²) in [6.07, 6.45) is 3.17. The van der Waals surface area contributed by atoms with Gasteiger partial charge in [-0.15, -0.1) is 0 Å². The summed E-state index contributed by atoms with van der Waals surface area (Å²) in [5.41, 5.74) is 2.30. The number of hydrogen-bond donors (Lipinski definition) is 2. The van der Waals surface area contributed by atoms with Gasteiger partial charge in [-0.1, -0.05) is 26.0 Å². The van der Waals surface area contributed by atoms with Crippen molar-refractivity contribution < 1.29 is 23.4 Å². The first-order chi connectivity index (χ1) is 13.5. The third-order valence-corrected chi connectivity index (χ3v) is 3.45.